The van der Waals surface area contributed by atoms with Gasteiger partial charge in [-0.1, -0.05) is 0 Å². The Balaban J connectivity index is 3.05. The highest BCUT2D eigenvalue weighted by molar-refractivity contribution is 5.24. The zero-order chi connectivity index (χ0) is 16.7. The molecule has 2 nitrogen and oxygen atoms in total. The monoisotopic (exact) mass is 336 g/mol. The minimum atomic E-state index is -5.45. The average Bonchev–Trinajstić information content (AvgIpc) is 2.41. The second kappa shape index (κ2) is 5.00. The van der Waals surface area contributed by atoms with Crippen LogP contribution >= 0.6 is 0 Å². The molecule has 0 spiro atoms. The van der Waals surface area contributed by atoms with Crippen LogP contribution in [0.4, 0.5) is 43.9 Å². The molecule has 124 valence electrons. The summed E-state index contributed by atoms with van der Waals surface area (Å²) in [6.07, 6.45) is -11.4. The summed E-state index contributed by atoms with van der Waals surface area (Å²) in [5.74, 6) is -14.6. The number of hydrogen-bond acceptors (Lipinski definition) is 2. The Labute approximate surface area is 110 Å². The quantitative estimate of drug-likeness (QED) is 0.443. The molecule has 0 aliphatic heterocycles. The number of allylic oxidation sites excluding steroid dienone is 1. The van der Waals surface area contributed by atoms with Gasteiger partial charge in [-0.3, -0.25) is 0 Å². The third-order valence-corrected chi connectivity index (χ3v) is 2.27. The predicted molar refractivity (Wildman–Crippen MR) is 45.8 cm³/mol. The molecule has 0 aromatic rings. The summed E-state index contributed by atoms with van der Waals surface area (Å²) in [5.41, 5.74) is 0. The van der Waals surface area contributed by atoms with Crippen LogP contribution in [0.3, 0.4) is 0 Å². The summed E-state index contributed by atoms with van der Waals surface area (Å²) in [6.45, 7) is -5.00. The summed E-state index contributed by atoms with van der Waals surface area (Å²) < 4.78 is 131. The Kier molecular flexibility index (Phi) is 4.29. The molecular formula is C9H6F10O2. The maximum absolute atomic E-state index is 13.4. The summed E-state index contributed by atoms with van der Waals surface area (Å²) in [5, 5.41) is 0. The van der Waals surface area contributed by atoms with Gasteiger partial charge in [0.2, 0.25) is 0 Å². The Bertz CT molecular complexity index is 390. The van der Waals surface area contributed by atoms with Crippen LogP contribution in [-0.2, 0) is 9.47 Å². The van der Waals surface area contributed by atoms with E-state index in [4.69, 9.17) is 0 Å². The lowest BCUT2D eigenvalue weighted by Crippen LogP contribution is -2.57. The van der Waals surface area contributed by atoms with Crippen LogP contribution in [0.5, 0.6) is 0 Å². The minimum Gasteiger partial charge on any atom is -0.332 e. The van der Waals surface area contributed by atoms with E-state index >= 15 is 0 Å². The van der Waals surface area contributed by atoms with Crippen molar-refractivity contribution in [2.75, 3.05) is 13.2 Å². The third kappa shape index (κ3) is 3.78. The number of hydrogen-bond donors (Lipinski definition) is 0. The van der Waals surface area contributed by atoms with Crippen LogP contribution in [0.1, 0.15) is 0 Å². The zero-order valence-corrected chi connectivity index (χ0v) is 9.67. The van der Waals surface area contributed by atoms with Gasteiger partial charge in [0.25, 0.3) is 5.79 Å². The molecule has 0 heterocycles. The van der Waals surface area contributed by atoms with Gasteiger partial charge in [0, 0.05) is 0 Å². The van der Waals surface area contributed by atoms with Gasteiger partial charge >= 0.3 is 24.2 Å². The van der Waals surface area contributed by atoms with Crippen LogP contribution in [0.25, 0.3) is 0 Å². The van der Waals surface area contributed by atoms with Crippen molar-refractivity contribution in [3.63, 3.8) is 0 Å². The lowest BCUT2D eigenvalue weighted by atomic mass is 10.1. The minimum absolute atomic E-state index is 0.357. The van der Waals surface area contributed by atoms with Crippen LogP contribution in [0.2, 0.25) is 0 Å². The van der Waals surface area contributed by atoms with Crippen molar-refractivity contribution >= 4 is 0 Å². The second-order valence-corrected chi connectivity index (χ2v) is 4.01. The molecule has 0 amide bonds. The number of rotatable bonds is 4. The highest BCUT2D eigenvalue weighted by Crippen LogP contribution is 2.52. The maximum Gasteiger partial charge on any atom is 0.411 e. The van der Waals surface area contributed by atoms with Gasteiger partial charge in [0.1, 0.15) is 13.2 Å². The second-order valence-electron chi connectivity index (χ2n) is 4.01. The highest BCUT2D eigenvalue weighted by atomic mass is 19.4. The van der Waals surface area contributed by atoms with E-state index in [9.17, 15) is 43.9 Å². The van der Waals surface area contributed by atoms with Crippen LogP contribution in [0, 0.1) is 0 Å². The van der Waals surface area contributed by atoms with E-state index in [0.29, 0.717) is 0 Å². The van der Waals surface area contributed by atoms with Crippen molar-refractivity contribution in [2.45, 2.75) is 30.0 Å². The van der Waals surface area contributed by atoms with Gasteiger partial charge < -0.3 is 9.47 Å². The first-order valence-corrected chi connectivity index (χ1v) is 4.99. The van der Waals surface area contributed by atoms with Gasteiger partial charge in [-0.25, -0.2) is 0 Å². The van der Waals surface area contributed by atoms with Crippen molar-refractivity contribution in [1.29, 1.82) is 0 Å². The largest absolute Gasteiger partial charge is 0.411 e. The molecule has 0 radical (unpaired) electrons. The molecule has 1 rings (SSSR count). The average molecular weight is 336 g/mol. The first-order chi connectivity index (χ1) is 9.12. The molecule has 0 atom stereocenters. The van der Waals surface area contributed by atoms with Gasteiger partial charge in [0.15, 0.2) is 0 Å². The topological polar surface area (TPSA) is 18.5 Å². The van der Waals surface area contributed by atoms with Gasteiger partial charge in [-0.05, 0) is 12.2 Å². The fourth-order valence-corrected chi connectivity index (χ4v) is 1.35. The predicted octanol–water partition coefficient (Wildman–Crippen LogP) is 3.68. The summed E-state index contributed by atoms with van der Waals surface area (Å²) >= 11 is 0. The molecule has 0 N–H and O–H groups in total. The van der Waals surface area contributed by atoms with E-state index < -0.39 is 49.3 Å². The molecule has 0 aromatic carbocycles. The van der Waals surface area contributed by atoms with Gasteiger partial charge in [0.05, 0.1) is 0 Å². The third-order valence-electron chi connectivity index (χ3n) is 2.27. The summed E-state index contributed by atoms with van der Waals surface area (Å²) in [6, 6.07) is 0. The fourth-order valence-electron chi connectivity index (χ4n) is 1.35. The van der Waals surface area contributed by atoms with E-state index in [2.05, 4.69) is 9.47 Å². The van der Waals surface area contributed by atoms with Crippen molar-refractivity contribution in [3.05, 3.63) is 12.2 Å². The summed E-state index contributed by atoms with van der Waals surface area (Å²) in [4.78, 5) is 0. The van der Waals surface area contributed by atoms with Gasteiger partial charge in [-0.15, -0.1) is 0 Å². The van der Waals surface area contributed by atoms with Gasteiger partial charge in [-0.2, -0.15) is 43.9 Å². The Morgan fingerprint density at radius 1 is 0.714 bits per heavy atom. The number of ether oxygens (including phenoxy) is 2. The number of alkyl halides is 10. The van der Waals surface area contributed by atoms with Crippen LogP contribution in [0.15, 0.2) is 12.2 Å². The Hall–Kier alpha value is -1.04. The van der Waals surface area contributed by atoms with E-state index in [0.717, 1.165) is 0 Å². The first kappa shape index (κ1) is 18.0. The lowest BCUT2D eigenvalue weighted by molar-refractivity contribution is -0.375. The summed E-state index contributed by atoms with van der Waals surface area (Å²) in [7, 11) is 0. The van der Waals surface area contributed by atoms with Crippen molar-refractivity contribution in [2.24, 2.45) is 0 Å². The van der Waals surface area contributed by atoms with E-state index in [1.807, 2.05) is 0 Å². The first-order valence-electron chi connectivity index (χ1n) is 4.99. The fraction of sp³-hybridized carbons (Fsp3) is 0.778. The molecule has 21 heavy (non-hydrogen) atoms. The number of halogens is 10. The molecule has 0 bridgehead atoms. The molecule has 0 fully saturated rings. The van der Waals surface area contributed by atoms with E-state index in [1.165, 1.54) is 0 Å². The Morgan fingerprint density at radius 3 is 1.33 bits per heavy atom. The lowest BCUT2D eigenvalue weighted by Gasteiger charge is -2.36. The molecule has 1 aliphatic rings. The normalized spacial score (nSPS) is 23.5. The smallest absolute Gasteiger partial charge is 0.332 e. The molecule has 0 saturated heterocycles. The molecule has 0 aromatic heterocycles. The molecular weight excluding hydrogens is 330 g/mol. The van der Waals surface area contributed by atoms with Crippen LogP contribution in [-0.4, -0.2) is 43.2 Å². The van der Waals surface area contributed by atoms with Crippen molar-refractivity contribution < 1.29 is 53.4 Å². The van der Waals surface area contributed by atoms with E-state index in [-0.39, 0.29) is 6.08 Å². The molecule has 0 saturated carbocycles. The zero-order valence-electron chi connectivity index (χ0n) is 9.67. The van der Waals surface area contributed by atoms with Crippen molar-refractivity contribution in [3.8, 4) is 0 Å². The molecule has 0 unspecified atom stereocenters. The van der Waals surface area contributed by atoms with E-state index in [1.54, 1.807) is 0 Å². The Morgan fingerprint density at radius 2 is 1.10 bits per heavy atom. The molecule has 12 heteroatoms. The molecule has 1 aliphatic carbocycles. The maximum atomic E-state index is 13.4. The van der Waals surface area contributed by atoms with Crippen molar-refractivity contribution in [1.82, 2.24) is 0 Å². The van der Waals surface area contributed by atoms with Crippen LogP contribution < -0.4 is 0 Å². The standard InChI is InChI=1S/C9H6F10O2/c10-5(11)1-2-6(9(5,18)19,20-3-7(12,13)14)21-4-8(15,16)17/h1-2H,3-4H2. The SMILES string of the molecule is FC(F)(F)COC1(OCC(F)(F)F)C=CC(F)(F)C1(F)F. The highest BCUT2D eigenvalue weighted by Gasteiger charge is 2.74.